The first-order valence-electron chi connectivity index (χ1n) is 10.9. The molecule has 3 aromatic carbocycles. The third-order valence-electron chi connectivity index (χ3n) is 5.66. The third kappa shape index (κ3) is 5.18. The fraction of sp³-hybridized carbons (Fsp3) is 0.154. The summed E-state index contributed by atoms with van der Waals surface area (Å²) in [6, 6.07) is 19.0. The van der Waals surface area contributed by atoms with Crippen molar-refractivity contribution in [3.05, 3.63) is 111 Å². The molecule has 4 N–H and O–H groups in total. The second-order valence-electron chi connectivity index (χ2n) is 8.09. The number of Topliss-reactive ketones (excluding diaryl/α,β-unsaturated/α-hetero) is 1. The number of carbonyl (C=O) groups excluding carboxylic acids is 2. The van der Waals surface area contributed by atoms with Gasteiger partial charge in [0.15, 0.2) is 17.4 Å². The molecule has 0 fully saturated rings. The molecule has 0 radical (unpaired) electrons. The van der Waals surface area contributed by atoms with E-state index in [4.69, 9.17) is 34.7 Å². The number of nitrogens with zero attached hydrogens (tertiary/aromatic N) is 3. The molecule has 1 heterocycles. The first-order chi connectivity index (χ1) is 16.8. The van der Waals surface area contributed by atoms with Gasteiger partial charge >= 0.3 is 0 Å². The molecule has 0 aliphatic heterocycles. The van der Waals surface area contributed by atoms with E-state index < -0.39 is 17.9 Å². The van der Waals surface area contributed by atoms with Crippen molar-refractivity contribution in [2.24, 2.45) is 11.5 Å². The molecule has 0 amide bonds. The molecule has 0 saturated carbocycles. The minimum atomic E-state index is -1.16. The first-order valence-corrected chi connectivity index (χ1v) is 11.6. The molecule has 35 heavy (non-hydrogen) atoms. The number of aromatic nitrogens is 3. The van der Waals surface area contributed by atoms with Crippen molar-refractivity contribution >= 4 is 34.8 Å². The molecule has 0 bridgehead atoms. The molecule has 178 valence electrons. The molecule has 0 saturated heterocycles. The molecule has 4 rings (SSSR count). The molecule has 7 nitrogen and oxygen atoms in total. The number of ketones is 2. The van der Waals surface area contributed by atoms with Crippen LogP contribution in [0.25, 0.3) is 5.69 Å². The Morgan fingerprint density at radius 1 is 0.914 bits per heavy atom. The van der Waals surface area contributed by atoms with Crippen molar-refractivity contribution < 1.29 is 9.59 Å². The molecule has 1 unspecified atom stereocenters. The second-order valence-corrected chi connectivity index (χ2v) is 8.93. The topological polar surface area (TPSA) is 117 Å². The van der Waals surface area contributed by atoms with Crippen molar-refractivity contribution in [2.45, 2.75) is 25.4 Å². The van der Waals surface area contributed by atoms with Gasteiger partial charge in [-0.15, -0.1) is 10.2 Å². The average molecular weight is 508 g/mol. The largest absolute Gasteiger partial charge is 0.321 e. The third-order valence-corrected chi connectivity index (χ3v) is 6.23. The summed E-state index contributed by atoms with van der Waals surface area (Å²) in [6.07, 6.45) is 0.331. The highest BCUT2D eigenvalue weighted by molar-refractivity contribution is 6.35. The van der Waals surface area contributed by atoms with E-state index in [-0.39, 0.29) is 17.2 Å². The Morgan fingerprint density at radius 3 is 2.31 bits per heavy atom. The maximum absolute atomic E-state index is 13.5. The van der Waals surface area contributed by atoms with E-state index >= 15 is 0 Å². The summed E-state index contributed by atoms with van der Waals surface area (Å²) in [7, 11) is 0. The lowest BCUT2D eigenvalue weighted by Crippen LogP contribution is -2.40. The van der Waals surface area contributed by atoms with Gasteiger partial charge in [0, 0.05) is 16.1 Å². The smallest absolute Gasteiger partial charge is 0.196 e. The molecule has 4 aromatic rings. The van der Waals surface area contributed by atoms with Crippen LogP contribution in [0.3, 0.4) is 0 Å². The molecule has 9 heteroatoms. The predicted molar refractivity (Wildman–Crippen MR) is 136 cm³/mol. The summed E-state index contributed by atoms with van der Waals surface area (Å²) >= 11 is 12.5. The van der Waals surface area contributed by atoms with Crippen molar-refractivity contribution in [3.63, 3.8) is 0 Å². The van der Waals surface area contributed by atoms with Crippen molar-refractivity contribution in [1.82, 2.24) is 14.8 Å². The molecule has 0 aliphatic carbocycles. The van der Waals surface area contributed by atoms with Crippen LogP contribution in [0, 0.1) is 6.92 Å². The van der Waals surface area contributed by atoms with Crippen LogP contribution in [0.5, 0.6) is 0 Å². The highest BCUT2D eigenvalue weighted by Crippen LogP contribution is 2.28. The molecular weight excluding hydrogens is 485 g/mol. The molecule has 2 atom stereocenters. The van der Waals surface area contributed by atoms with E-state index in [2.05, 4.69) is 10.2 Å². The highest BCUT2D eigenvalue weighted by atomic mass is 35.5. The minimum Gasteiger partial charge on any atom is -0.321 e. The lowest BCUT2D eigenvalue weighted by Gasteiger charge is -2.19. The van der Waals surface area contributed by atoms with E-state index in [1.165, 1.54) is 0 Å². The van der Waals surface area contributed by atoms with Gasteiger partial charge in [0.2, 0.25) is 0 Å². The Bertz CT molecular complexity index is 1390. The van der Waals surface area contributed by atoms with E-state index in [1.54, 1.807) is 54.0 Å². The van der Waals surface area contributed by atoms with E-state index in [9.17, 15) is 9.59 Å². The number of halogens is 2. The van der Waals surface area contributed by atoms with Gasteiger partial charge in [-0.25, -0.2) is 0 Å². The van der Waals surface area contributed by atoms with Crippen LogP contribution in [0.1, 0.15) is 39.2 Å². The van der Waals surface area contributed by atoms with Crippen LogP contribution in [0.2, 0.25) is 10.0 Å². The maximum Gasteiger partial charge on any atom is 0.196 e. The van der Waals surface area contributed by atoms with Gasteiger partial charge in [-0.1, -0.05) is 65.7 Å². The Morgan fingerprint density at radius 2 is 1.60 bits per heavy atom. The monoisotopic (exact) mass is 507 g/mol. The fourth-order valence-corrected chi connectivity index (χ4v) is 4.27. The van der Waals surface area contributed by atoms with E-state index in [0.29, 0.717) is 33.5 Å². The van der Waals surface area contributed by atoms with Crippen LogP contribution >= 0.6 is 23.2 Å². The summed E-state index contributed by atoms with van der Waals surface area (Å²) < 4.78 is 1.58. The number of hydrogen-bond donors (Lipinski definition) is 2. The fourth-order valence-electron chi connectivity index (χ4n) is 3.88. The van der Waals surface area contributed by atoms with Gasteiger partial charge in [0.25, 0.3) is 0 Å². The highest BCUT2D eigenvalue weighted by Gasteiger charge is 2.30. The van der Waals surface area contributed by atoms with Crippen LogP contribution in [0.4, 0.5) is 0 Å². The standard InChI is InChI=1S/C26H23Cl2N5O2/c1-15-31-32-26(23(30)25(35)21(29)13-16-7-3-2-4-8-16)33(15)22-12-11-17(27)14-19(22)24(34)18-9-5-6-10-20(18)28/h2-12,14,21,23H,13,29-30H2,1H3/t21-,23?/m0/s1. The Hall–Kier alpha value is -3.36. The number of nitrogens with two attached hydrogens (primary N) is 2. The van der Waals surface area contributed by atoms with Gasteiger partial charge in [-0.2, -0.15) is 0 Å². The van der Waals surface area contributed by atoms with Gasteiger partial charge in [-0.05, 0) is 49.2 Å². The van der Waals surface area contributed by atoms with E-state index in [0.717, 1.165) is 5.56 Å². The lowest BCUT2D eigenvalue weighted by molar-refractivity contribution is -0.121. The molecular formula is C26H23Cl2N5O2. The molecule has 0 spiro atoms. The summed E-state index contributed by atoms with van der Waals surface area (Å²) in [4.78, 5) is 26.6. The maximum atomic E-state index is 13.5. The summed E-state index contributed by atoms with van der Waals surface area (Å²) in [5.74, 6) is -0.120. The average Bonchev–Trinajstić information content (AvgIpc) is 3.24. The van der Waals surface area contributed by atoms with Gasteiger partial charge in [0.1, 0.15) is 11.9 Å². The Kier molecular flexibility index (Phi) is 7.42. The van der Waals surface area contributed by atoms with Gasteiger partial charge in [-0.3, -0.25) is 14.2 Å². The zero-order valence-corrected chi connectivity index (χ0v) is 20.4. The number of carbonyl (C=O) groups is 2. The van der Waals surface area contributed by atoms with Crippen LogP contribution < -0.4 is 11.5 Å². The molecule has 1 aromatic heterocycles. The van der Waals surface area contributed by atoms with Gasteiger partial charge < -0.3 is 11.5 Å². The number of rotatable bonds is 8. The molecule has 0 aliphatic rings. The Labute approximate surface area is 212 Å². The SMILES string of the molecule is Cc1nnc(C(N)C(=O)[C@@H](N)Cc2ccccc2)n1-c1ccc(Cl)cc1C(=O)c1ccccc1Cl. The van der Waals surface area contributed by atoms with Crippen LogP contribution in [0.15, 0.2) is 72.8 Å². The van der Waals surface area contributed by atoms with Crippen LogP contribution in [-0.4, -0.2) is 32.4 Å². The predicted octanol–water partition coefficient (Wildman–Crippen LogP) is 4.25. The zero-order chi connectivity index (χ0) is 25.1. The van der Waals surface area contributed by atoms with E-state index in [1.807, 2.05) is 30.3 Å². The normalized spacial score (nSPS) is 12.8. The second kappa shape index (κ2) is 10.5. The van der Waals surface area contributed by atoms with Crippen molar-refractivity contribution in [2.75, 3.05) is 0 Å². The van der Waals surface area contributed by atoms with Crippen molar-refractivity contribution in [3.8, 4) is 5.69 Å². The number of aryl methyl sites for hydroxylation is 1. The Balaban J connectivity index is 1.73. The zero-order valence-electron chi connectivity index (χ0n) is 18.9. The summed E-state index contributed by atoms with van der Waals surface area (Å²) in [6.45, 7) is 1.70. The van der Waals surface area contributed by atoms with Gasteiger partial charge in [0.05, 0.1) is 16.8 Å². The summed E-state index contributed by atoms with van der Waals surface area (Å²) in [5.41, 5.74) is 14.5. The first kappa shape index (κ1) is 24.8. The minimum absolute atomic E-state index is 0.173. The number of hydrogen-bond acceptors (Lipinski definition) is 6. The summed E-state index contributed by atoms with van der Waals surface area (Å²) in [5, 5.41) is 8.95. The number of benzene rings is 3. The quantitative estimate of drug-likeness (QED) is 0.344. The lowest BCUT2D eigenvalue weighted by atomic mass is 9.98. The van der Waals surface area contributed by atoms with Crippen molar-refractivity contribution in [1.29, 1.82) is 0 Å². The van der Waals surface area contributed by atoms with Crippen LogP contribution in [-0.2, 0) is 11.2 Å².